The van der Waals surface area contributed by atoms with E-state index in [0.29, 0.717) is 31.1 Å². The number of benzene rings is 1. The van der Waals surface area contributed by atoms with Gasteiger partial charge in [-0.15, -0.1) is 0 Å². The highest BCUT2D eigenvalue weighted by molar-refractivity contribution is 6.05. The Morgan fingerprint density at radius 2 is 1.79 bits per heavy atom. The Morgan fingerprint density at radius 3 is 2.44 bits per heavy atom. The van der Waals surface area contributed by atoms with Gasteiger partial charge in [-0.05, 0) is 57.2 Å². The molecule has 3 rings (SSSR count). The Morgan fingerprint density at radius 1 is 1.10 bits per heavy atom. The Hall–Kier alpha value is -3.67. The normalized spacial score (nSPS) is 22.1. The first kappa shape index (κ1) is 29.9. The molecule has 5 amide bonds. The molecule has 2 aliphatic rings. The molecule has 1 aromatic carbocycles. The Balaban J connectivity index is 1.48. The summed E-state index contributed by atoms with van der Waals surface area (Å²) < 4.78 is 0. The van der Waals surface area contributed by atoms with E-state index in [0.717, 1.165) is 31.4 Å². The molecule has 0 saturated heterocycles. The molecule has 1 aliphatic heterocycles. The first-order chi connectivity index (χ1) is 18.8. The van der Waals surface area contributed by atoms with Gasteiger partial charge < -0.3 is 26.2 Å². The second-order valence-electron chi connectivity index (χ2n) is 10.1. The molecule has 0 bridgehead atoms. The number of hydrazone groups is 1. The first-order valence-electron chi connectivity index (χ1n) is 13.6. The number of anilines is 2. The van der Waals surface area contributed by atoms with Gasteiger partial charge in [0.2, 0.25) is 17.7 Å². The number of rotatable bonds is 10. The van der Waals surface area contributed by atoms with Gasteiger partial charge in [-0.25, -0.2) is 10.2 Å². The van der Waals surface area contributed by atoms with Crippen molar-refractivity contribution in [1.82, 2.24) is 26.7 Å². The van der Waals surface area contributed by atoms with Gasteiger partial charge in [-0.2, -0.15) is 5.10 Å². The fourth-order valence-corrected chi connectivity index (χ4v) is 5.09. The van der Waals surface area contributed by atoms with Gasteiger partial charge in [0.25, 0.3) is 0 Å². The molecule has 2 atom stereocenters. The lowest BCUT2D eigenvalue weighted by atomic mass is 9.81. The summed E-state index contributed by atoms with van der Waals surface area (Å²) in [5, 5.41) is 15.5. The van der Waals surface area contributed by atoms with Gasteiger partial charge in [-0.1, -0.05) is 19.1 Å². The van der Waals surface area contributed by atoms with Gasteiger partial charge in [0.05, 0.1) is 17.4 Å². The zero-order valence-corrected chi connectivity index (χ0v) is 23.3. The molecule has 0 radical (unpaired) electrons. The maximum Gasteiger partial charge on any atom is 0.335 e. The number of carbonyl (C=O) groups is 4. The first-order valence-corrected chi connectivity index (χ1v) is 13.6. The lowest BCUT2D eigenvalue weighted by Gasteiger charge is -2.27. The van der Waals surface area contributed by atoms with Crippen LogP contribution in [0.2, 0.25) is 0 Å². The number of carbonyl (C=O) groups excluding carboxylic acids is 4. The molecule has 12 nitrogen and oxygen atoms in total. The van der Waals surface area contributed by atoms with E-state index in [1.807, 2.05) is 43.1 Å². The number of para-hydroxylation sites is 2. The lowest BCUT2D eigenvalue weighted by molar-refractivity contribution is -0.125. The van der Waals surface area contributed by atoms with Crippen molar-refractivity contribution in [2.45, 2.75) is 51.1 Å². The van der Waals surface area contributed by atoms with Crippen molar-refractivity contribution >= 4 is 41.3 Å². The van der Waals surface area contributed by atoms with Gasteiger partial charge in [0.15, 0.2) is 0 Å². The Bertz CT molecular complexity index is 1040. The fraction of sp³-hybridized carbons (Fsp3) is 0.593. The monoisotopic (exact) mass is 542 g/mol. The maximum atomic E-state index is 13.2. The average Bonchev–Trinajstić information content (AvgIpc) is 3.05. The minimum atomic E-state index is -0.452. The minimum Gasteiger partial charge on any atom is -0.371 e. The zero-order chi connectivity index (χ0) is 28.4. The van der Waals surface area contributed by atoms with Gasteiger partial charge in [0.1, 0.15) is 12.6 Å². The fourth-order valence-electron chi connectivity index (χ4n) is 5.09. The van der Waals surface area contributed by atoms with E-state index in [2.05, 4.69) is 31.8 Å². The number of nitrogens with zero attached hydrogens (tertiary/aromatic N) is 3. The van der Waals surface area contributed by atoms with Crippen molar-refractivity contribution in [3.05, 3.63) is 24.3 Å². The molecule has 0 unspecified atom stereocenters. The summed E-state index contributed by atoms with van der Waals surface area (Å²) in [6, 6.07) is 6.23. The van der Waals surface area contributed by atoms with Gasteiger partial charge in [0, 0.05) is 39.3 Å². The zero-order valence-electron chi connectivity index (χ0n) is 23.3. The SMILES string of the molecule is CC[C@@H](/C=N/NC(=O)NCC1CCC(C(=O)NC)CC1)NC(=O)CN1C(=O)[C@@H](NC)CN(C)c2ccccc21. The quantitative estimate of drug-likeness (QED) is 0.218. The largest absolute Gasteiger partial charge is 0.371 e. The van der Waals surface area contributed by atoms with Crippen LogP contribution >= 0.6 is 0 Å². The molecule has 5 N–H and O–H groups in total. The van der Waals surface area contributed by atoms with Crippen molar-refractivity contribution in [2.75, 3.05) is 50.6 Å². The second kappa shape index (κ2) is 14.5. The molecule has 1 aliphatic carbocycles. The van der Waals surface area contributed by atoms with Crippen LogP contribution in [-0.2, 0) is 14.4 Å². The van der Waals surface area contributed by atoms with E-state index in [9.17, 15) is 19.2 Å². The van der Waals surface area contributed by atoms with E-state index in [-0.39, 0.29) is 30.2 Å². The highest BCUT2D eigenvalue weighted by Crippen LogP contribution is 2.31. The van der Waals surface area contributed by atoms with Crippen LogP contribution < -0.4 is 36.5 Å². The molecule has 1 fully saturated rings. The van der Waals surface area contributed by atoms with Crippen molar-refractivity contribution in [1.29, 1.82) is 0 Å². The number of hydrogen-bond acceptors (Lipinski definition) is 7. The predicted octanol–water partition coefficient (Wildman–Crippen LogP) is 0.790. The van der Waals surface area contributed by atoms with Crippen LogP contribution in [0.25, 0.3) is 0 Å². The number of nitrogens with one attached hydrogen (secondary N) is 5. The van der Waals surface area contributed by atoms with Crippen molar-refractivity contribution in [2.24, 2.45) is 16.9 Å². The van der Waals surface area contributed by atoms with Crippen molar-refractivity contribution < 1.29 is 19.2 Å². The highest BCUT2D eigenvalue weighted by Gasteiger charge is 2.33. The highest BCUT2D eigenvalue weighted by atomic mass is 16.2. The van der Waals surface area contributed by atoms with Crippen LogP contribution in [0.4, 0.5) is 16.2 Å². The predicted molar refractivity (Wildman–Crippen MR) is 152 cm³/mol. The third kappa shape index (κ3) is 8.16. The molecule has 39 heavy (non-hydrogen) atoms. The van der Waals surface area contributed by atoms with Crippen LogP contribution in [0.15, 0.2) is 29.4 Å². The number of likely N-dealkylation sites (N-methyl/N-ethyl adjacent to an activating group) is 2. The molecule has 0 aromatic heterocycles. The Labute approximate surface area is 230 Å². The summed E-state index contributed by atoms with van der Waals surface area (Å²) in [5.41, 5.74) is 4.01. The number of hydrogen-bond donors (Lipinski definition) is 5. The molecule has 1 aromatic rings. The third-order valence-electron chi connectivity index (χ3n) is 7.48. The smallest absolute Gasteiger partial charge is 0.335 e. The summed E-state index contributed by atoms with van der Waals surface area (Å²) >= 11 is 0. The standard InChI is InChI=1S/C27H42N8O4/c1-5-20(15-31-33-27(39)30-14-18-10-12-19(13-11-18)25(37)29-3)32-24(36)17-35-23-9-7-6-8-22(23)34(4)16-21(28-2)26(35)38/h6-9,15,18-21,28H,5,10-14,16-17H2,1-4H3,(H,29,37)(H,32,36)(H2,30,33,39)/b31-15+/t18?,19?,20-,21-/m0/s1. The summed E-state index contributed by atoms with van der Waals surface area (Å²) in [4.78, 5) is 53.6. The topological polar surface area (TPSA) is 147 Å². The Kier molecular flexibility index (Phi) is 11.1. The molecular formula is C27H42N8O4. The van der Waals surface area contributed by atoms with E-state index in [1.54, 1.807) is 14.1 Å². The minimum absolute atomic E-state index is 0.0594. The van der Waals surface area contributed by atoms with E-state index >= 15 is 0 Å². The lowest BCUT2D eigenvalue weighted by Crippen LogP contribution is -2.51. The van der Waals surface area contributed by atoms with Crippen LogP contribution in [-0.4, -0.2) is 82.8 Å². The molecular weight excluding hydrogens is 500 g/mol. The summed E-state index contributed by atoms with van der Waals surface area (Å²) in [6.45, 7) is 2.76. The number of fused-ring (bicyclic) bond motifs is 1. The van der Waals surface area contributed by atoms with Crippen LogP contribution in [0.5, 0.6) is 0 Å². The summed E-state index contributed by atoms with van der Waals surface area (Å²) in [5.74, 6) is -0.0236. The van der Waals surface area contributed by atoms with Crippen molar-refractivity contribution in [3.8, 4) is 0 Å². The second-order valence-corrected chi connectivity index (χ2v) is 10.1. The van der Waals surface area contributed by atoms with Gasteiger partial charge >= 0.3 is 6.03 Å². The summed E-state index contributed by atoms with van der Waals surface area (Å²) in [6.07, 6.45) is 5.46. The van der Waals surface area contributed by atoms with Crippen molar-refractivity contribution in [3.63, 3.8) is 0 Å². The summed E-state index contributed by atoms with van der Waals surface area (Å²) in [7, 11) is 5.31. The number of amides is 5. The molecule has 1 heterocycles. The third-order valence-corrected chi connectivity index (χ3v) is 7.48. The van der Waals surface area contributed by atoms with Crippen LogP contribution in [0.3, 0.4) is 0 Å². The molecule has 214 valence electrons. The van der Waals surface area contributed by atoms with Crippen LogP contribution in [0.1, 0.15) is 39.0 Å². The van der Waals surface area contributed by atoms with E-state index < -0.39 is 18.1 Å². The van der Waals surface area contributed by atoms with E-state index in [1.165, 1.54) is 11.1 Å². The van der Waals surface area contributed by atoms with E-state index in [4.69, 9.17) is 0 Å². The average molecular weight is 543 g/mol. The molecule has 0 spiro atoms. The van der Waals surface area contributed by atoms with Crippen LogP contribution in [0, 0.1) is 11.8 Å². The maximum absolute atomic E-state index is 13.2. The molecule has 12 heteroatoms. The van der Waals surface area contributed by atoms with Gasteiger partial charge in [-0.3, -0.25) is 19.3 Å². The number of urea groups is 1. The molecule has 1 saturated carbocycles.